The number of alkyl halides is 3. The van der Waals surface area contributed by atoms with Crippen molar-refractivity contribution in [2.24, 2.45) is 0 Å². The molecule has 0 atom stereocenters. The molecule has 0 bridgehead atoms. The van der Waals surface area contributed by atoms with Crippen LogP contribution in [0.5, 0.6) is 5.75 Å². The maximum absolute atomic E-state index is 12.3. The molecule has 3 rings (SSSR count). The number of hydrogen-bond acceptors (Lipinski definition) is 4. The van der Waals surface area contributed by atoms with Crippen LogP contribution in [0.3, 0.4) is 0 Å². The maximum atomic E-state index is 12.3. The molecule has 134 valence electrons. The molecular weight excluding hydrogens is 365 g/mol. The first-order valence-corrected chi connectivity index (χ1v) is 8.38. The van der Waals surface area contributed by atoms with Gasteiger partial charge < -0.3 is 10.1 Å². The second-order valence-electron chi connectivity index (χ2n) is 5.36. The van der Waals surface area contributed by atoms with E-state index in [-0.39, 0.29) is 5.56 Å². The second-order valence-corrected chi connectivity index (χ2v) is 6.42. The molecule has 0 fully saturated rings. The predicted molar refractivity (Wildman–Crippen MR) is 93.4 cm³/mol. The Kier molecular flexibility index (Phi) is 4.94. The van der Waals surface area contributed by atoms with Gasteiger partial charge in [0.2, 0.25) is 0 Å². The van der Waals surface area contributed by atoms with Crippen molar-refractivity contribution in [2.45, 2.75) is 13.3 Å². The average molecular weight is 378 g/mol. The van der Waals surface area contributed by atoms with E-state index in [1.807, 2.05) is 18.4 Å². The number of hydrogen-bond donors (Lipinski definition) is 1. The average Bonchev–Trinajstić information content (AvgIpc) is 3.00. The fourth-order valence-electron chi connectivity index (χ4n) is 2.29. The third kappa shape index (κ3) is 4.60. The molecule has 1 amide bonds. The quantitative estimate of drug-likeness (QED) is 0.673. The Hall–Kier alpha value is -2.87. The number of carbonyl (C=O) groups excluding carboxylic acids is 1. The third-order valence-electron chi connectivity index (χ3n) is 3.37. The lowest BCUT2D eigenvalue weighted by Gasteiger charge is -2.10. The number of nitrogens with one attached hydrogen (secondary N) is 1. The summed E-state index contributed by atoms with van der Waals surface area (Å²) in [5, 5.41) is 5.50. The number of aromatic nitrogens is 1. The van der Waals surface area contributed by atoms with Crippen LogP contribution in [0.1, 0.15) is 15.4 Å². The minimum absolute atomic E-state index is 0.0571. The van der Waals surface area contributed by atoms with Gasteiger partial charge in [-0.2, -0.15) is 0 Å². The molecule has 0 saturated heterocycles. The molecule has 0 radical (unpaired) electrons. The fourth-order valence-corrected chi connectivity index (χ4v) is 2.91. The van der Waals surface area contributed by atoms with E-state index in [2.05, 4.69) is 15.0 Å². The lowest BCUT2D eigenvalue weighted by Crippen LogP contribution is -2.18. The molecule has 0 aliphatic rings. The van der Waals surface area contributed by atoms with Crippen LogP contribution in [0.15, 0.2) is 53.9 Å². The summed E-state index contributed by atoms with van der Waals surface area (Å²) in [7, 11) is 0. The molecule has 3 aromatic rings. The van der Waals surface area contributed by atoms with Crippen molar-refractivity contribution >= 4 is 22.9 Å². The Labute approximate surface area is 151 Å². The van der Waals surface area contributed by atoms with Crippen LogP contribution in [0.25, 0.3) is 11.3 Å². The molecule has 8 heteroatoms. The number of carbonyl (C=O) groups is 1. The van der Waals surface area contributed by atoms with Gasteiger partial charge in [-0.1, -0.05) is 18.2 Å². The van der Waals surface area contributed by atoms with Gasteiger partial charge in [0.25, 0.3) is 5.91 Å². The smallest absolute Gasteiger partial charge is 0.406 e. The van der Waals surface area contributed by atoms with Crippen LogP contribution < -0.4 is 10.1 Å². The van der Waals surface area contributed by atoms with Gasteiger partial charge in [-0.3, -0.25) is 4.79 Å². The highest BCUT2D eigenvalue weighted by atomic mass is 32.1. The largest absolute Gasteiger partial charge is 0.573 e. The van der Waals surface area contributed by atoms with Crippen LogP contribution in [0, 0.1) is 6.92 Å². The van der Waals surface area contributed by atoms with E-state index in [1.165, 1.54) is 23.5 Å². The number of rotatable bonds is 4. The first kappa shape index (κ1) is 17.9. The van der Waals surface area contributed by atoms with Crippen molar-refractivity contribution in [1.82, 2.24) is 4.98 Å². The third-order valence-corrected chi connectivity index (χ3v) is 4.14. The molecule has 0 aliphatic heterocycles. The Balaban J connectivity index is 1.77. The predicted octanol–water partition coefficient (Wildman–Crippen LogP) is 5.27. The highest BCUT2D eigenvalue weighted by molar-refractivity contribution is 7.09. The zero-order chi connectivity index (χ0) is 18.7. The van der Waals surface area contributed by atoms with Crippen LogP contribution in [-0.4, -0.2) is 17.3 Å². The van der Waals surface area contributed by atoms with Gasteiger partial charge in [-0.15, -0.1) is 24.5 Å². The number of halogens is 3. The zero-order valence-corrected chi connectivity index (χ0v) is 14.3. The summed E-state index contributed by atoms with van der Waals surface area (Å²) < 4.78 is 40.7. The molecule has 4 nitrogen and oxygen atoms in total. The Morgan fingerprint density at radius 2 is 1.92 bits per heavy atom. The normalized spacial score (nSPS) is 11.2. The molecule has 1 N–H and O–H groups in total. The van der Waals surface area contributed by atoms with Gasteiger partial charge in [0, 0.05) is 22.2 Å². The summed E-state index contributed by atoms with van der Waals surface area (Å²) in [6, 6.07) is 12.0. The number of thiazole rings is 1. The zero-order valence-electron chi connectivity index (χ0n) is 13.5. The van der Waals surface area contributed by atoms with Gasteiger partial charge in [-0.25, -0.2) is 4.98 Å². The summed E-state index contributed by atoms with van der Waals surface area (Å²) in [6.45, 7) is 1.90. The van der Waals surface area contributed by atoms with E-state index in [9.17, 15) is 18.0 Å². The number of anilines is 1. The summed E-state index contributed by atoms with van der Waals surface area (Å²) >= 11 is 1.52. The molecule has 0 spiro atoms. The standard InChI is InChI=1S/C18H13F3N2O2S/c1-11-22-16(10-26-11)12-4-2-6-14(8-12)23-17(24)13-5-3-7-15(9-13)25-18(19,20)21/h2-10H,1H3,(H,23,24). The van der Waals surface area contributed by atoms with Crippen molar-refractivity contribution in [3.05, 3.63) is 64.5 Å². The van der Waals surface area contributed by atoms with Crippen LogP contribution in [0.4, 0.5) is 18.9 Å². The number of benzene rings is 2. The molecule has 0 saturated carbocycles. The molecule has 0 aliphatic carbocycles. The summed E-state index contributed by atoms with van der Waals surface area (Å²) in [4.78, 5) is 16.7. The summed E-state index contributed by atoms with van der Waals surface area (Å²) in [5.74, 6) is -0.985. The van der Waals surface area contributed by atoms with Crippen molar-refractivity contribution in [2.75, 3.05) is 5.32 Å². The highest BCUT2D eigenvalue weighted by Crippen LogP contribution is 2.26. The molecule has 2 aromatic carbocycles. The van der Waals surface area contributed by atoms with E-state index in [0.717, 1.165) is 28.4 Å². The number of amides is 1. The lowest BCUT2D eigenvalue weighted by atomic mass is 10.1. The van der Waals surface area contributed by atoms with Gasteiger partial charge in [0.15, 0.2) is 0 Å². The maximum Gasteiger partial charge on any atom is 0.573 e. The number of aryl methyl sites for hydroxylation is 1. The first-order chi connectivity index (χ1) is 12.3. The van der Waals surface area contributed by atoms with E-state index >= 15 is 0 Å². The lowest BCUT2D eigenvalue weighted by molar-refractivity contribution is -0.274. The highest BCUT2D eigenvalue weighted by Gasteiger charge is 2.31. The Morgan fingerprint density at radius 1 is 1.15 bits per heavy atom. The minimum Gasteiger partial charge on any atom is -0.406 e. The number of nitrogens with zero attached hydrogens (tertiary/aromatic N) is 1. The van der Waals surface area contributed by atoms with E-state index < -0.39 is 18.0 Å². The summed E-state index contributed by atoms with van der Waals surface area (Å²) in [6.07, 6.45) is -4.81. The molecule has 0 unspecified atom stereocenters. The van der Waals surface area contributed by atoms with E-state index in [1.54, 1.807) is 18.2 Å². The van der Waals surface area contributed by atoms with Crippen LogP contribution in [0.2, 0.25) is 0 Å². The molecule has 1 aromatic heterocycles. The van der Waals surface area contributed by atoms with Gasteiger partial charge >= 0.3 is 6.36 Å². The van der Waals surface area contributed by atoms with Crippen molar-refractivity contribution in [3.63, 3.8) is 0 Å². The topological polar surface area (TPSA) is 51.2 Å². The van der Waals surface area contributed by atoms with E-state index in [0.29, 0.717) is 5.69 Å². The van der Waals surface area contributed by atoms with Crippen molar-refractivity contribution in [1.29, 1.82) is 0 Å². The fraction of sp³-hybridized carbons (Fsp3) is 0.111. The molecule has 1 heterocycles. The number of ether oxygens (including phenoxy) is 1. The van der Waals surface area contributed by atoms with E-state index in [4.69, 9.17) is 0 Å². The van der Waals surface area contributed by atoms with Crippen molar-refractivity contribution in [3.8, 4) is 17.0 Å². The molecule has 26 heavy (non-hydrogen) atoms. The Morgan fingerprint density at radius 3 is 2.62 bits per heavy atom. The Bertz CT molecular complexity index is 938. The SMILES string of the molecule is Cc1nc(-c2cccc(NC(=O)c3cccc(OC(F)(F)F)c3)c2)cs1. The van der Waals surface area contributed by atoms with Crippen LogP contribution >= 0.6 is 11.3 Å². The first-order valence-electron chi connectivity index (χ1n) is 7.50. The van der Waals surface area contributed by atoms with Gasteiger partial charge in [-0.05, 0) is 37.3 Å². The monoisotopic (exact) mass is 378 g/mol. The van der Waals surface area contributed by atoms with Gasteiger partial charge in [0.1, 0.15) is 5.75 Å². The molecular formula is C18H13F3N2O2S. The second kappa shape index (κ2) is 7.17. The minimum atomic E-state index is -4.81. The summed E-state index contributed by atoms with van der Waals surface area (Å²) in [5.41, 5.74) is 2.20. The van der Waals surface area contributed by atoms with Crippen molar-refractivity contribution < 1.29 is 22.7 Å². The van der Waals surface area contributed by atoms with Gasteiger partial charge in [0.05, 0.1) is 10.7 Å². The van der Waals surface area contributed by atoms with Crippen LogP contribution in [-0.2, 0) is 0 Å².